The van der Waals surface area contributed by atoms with Crippen molar-refractivity contribution >= 4 is 40.7 Å². The zero-order chi connectivity index (χ0) is 19.4. The van der Waals surface area contributed by atoms with E-state index in [-0.39, 0.29) is 18.4 Å². The predicted molar refractivity (Wildman–Crippen MR) is 115 cm³/mol. The molecule has 0 bridgehead atoms. The van der Waals surface area contributed by atoms with E-state index in [4.69, 9.17) is 10.5 Å². The lowest BCUT2D eigenvalue weighted by Gasteiger charge is -2.22. The third-order valence-electron chi connectivity index (χ3n) is 4.96. The van der Waals surface area contributed by atoms with Gasteiger partial charge in [0.1, 0.15) is 5.00 Å². The summed E-state index contributed by atoms with van der Waals surface area (Å²) in [4.78, 5) is 27.4. The number of carbonyl (C=O) groups excluding carboxylic acids is 2. The van der Waals surface area contributed by atoms with Crippen molar-refractivity contribution in [3.8, 4) is 0 Å². The number of nitrogens with one attached hydrogen (secondary N) is 1. The Bertz CT molecular complexity index is 826. The fourth-order valence-corrected chi connectivity index (χ4v) is 4.79. The van der Waals surface area contributed by atoms with Crippen LogP contribution in [0, 0.1) is 0 Å². The van der Waals surface area contributed by atoms with Crippen molar-refractivity contribution in [2.24, 2.45) is 5.73 Å². The largest absolute Gasteiger partial charge is 0.465 e. The number of esters is 1. The number of ether oxygens (including phenoxy) is 1. The number of benzene rings is 1. The Morgan fingerprint density at radius 2 is 2.04 bits per heavy atom. The molecule has 3 N–H and O–H groups in total. The first kappa shape index (κ1) is 22.2. The normalized spacial score (nSPS) is 15.2. The second kappa shape index (κ2) is 9.91. The number of likely N-dealkylation sites (N-methyl/N-ethyl adjacent to an activating group) is 1. The van der Waals surface area contributed by atoms with E-state index in [1.165, 1.54) is 28.9 Å². The minimum Gasteiger partial charge on any atom is -0.465 e. The quantitative estimate of drug-likeness (QED) is 0.719. The van der Waals surface area contributed by atoms with Crippen LogP contribution in [0.25, 0.3) is 0 Å². The molecular weight excluding hydrogens is 398 g/mol. The Kier molecular flexibility index (Phi) is 7.86. The molecule has 0 aliphatic heterocycles. The van der Waals surface area contributed by atoms with Gasteiger partial charge in [-0.15, -0.1) is 23.7 Å². The highest BCUT2D eigenvalue weighted by Crippen LogP contribution is 2.42. The van der Waals surface area contributed by atoms with Crippen LogP contribution in [0.2, 0.25) is 0 Å². The number of halogens is 1. The summed E-state index contributed by atoms with van der Waals surface area (Å²) < 4.78 is 4.99. The third kappa shape index (κ3) is 4.66. The van der Waals surface area contributed by atoms with Gasteiger partial charge in [-0.1, -0.05) is 30.3 Å². The van der Waals surface area contributed by atoms with Gasteiger partial charge < -0.3 is 15.4 Å². The Hall–Kier alpha value is -2.09. The van der Waals surface area contributed by atoms with Gasteiger partial charge in [-0.3, -0.25) is 5.32 Å². The SMILES string of the molecule is COC(=O)c1c(NC(=O)N(C)CCN)sc2c1CCC(c1ccccc1)C2.Cl. The molecule has 0 fully saturated rings. The van der Waals surface area contributed by atoms with Crippen molar-refractivity contribution in [3.05, 3.63) is 51.9 Å². The fourth-order valence-electron chi connectivity index (χ4n) is 3.49. The van der Waals surface area contributed by atoms with E-state index in [1.54, 1.807) is 7.05 Å². The lowest BCUT2D eigenvalue weighted by molar-refractivity contribution is 0.0601. The maximum Gasteiger partial charge on any atom is 0.341 e. The molecule has 6 nitrogen and oxygen atoms in total. The number of anilines is 1. The lowest BCUT2D eigenvalue weighted by Crippen LogP contribution is -2.35. The summed E-state index contributed by atoms with van der Waals surface area (Å²) in [6, 6.07) is 10.1. The van der Waals surface area contributed by atoms with Crippen LogP contribution in [0.1, 0.15) is 38.7 Å². The van der Waals surface area contributed by atoms with Crippen LogP contribution in [0.3, 0.4) is 0 Å². The van der Waals surface area contributed by atoms with E-state index in [1.807, 2.05) is 6.07 Å². The van der Waals surface area contributed by atoms with Gasteiger partial charge in [-0.05, 0) is 36.3 Å². The Morgan fingerprint density at radius 3 is 2.68 bits per heavy atom. The molecule has 1 atom stereocenters. The molecule has 1 unspecified atom stereocenters. The second-order valence-corrected chi connectivity index (χ2v) is 7.80. The predicted octanol–water partition coefficient (Wildman–Crippen LogP) is 3.65. The number of nitrogens with two attached hydrogens (primary N) is 1. The van der Waals surface area contributed by atoms with Gasteiger partial charge in [0.05, 0.1) is 12.7 Å². The lowest BCUT2D eigenvalue weighted by atomic mass is 9.83. The molecule has 2 aromatic rings. The minimum absolute atomic E-state index is 0. The maximum absolute atomic E-state index is 12.4. The van der Waals surface area contributed by atoms with Crippen LogP contribution in [0.4, 0.5) is 9.80 Å². The van der Waals surface area contributed by atoms with Crippen LogP contribution in [0.15, 0.2) is 30.3 Å². The van der Waals surface area contributed by atoms with Crippen LogP contribution >= 0.6 is 23.7 Å². The maximum atomic E-state index is 12.4. The van der Waals surface area contributed by atoms with Crippen molar-refractivity contribution in [2.45, 2.75) is 25.2 Å². The molecule has 0 saturated carbocycles. The first-order valence-corrected chi connectivity index (χ1v) is 9.86. The average Bonchev–Trinajstić information content (AvgIpc) is 3.05. The number of carbonyl (C=O) groups is 2. The summed E-state index contributed by atoms with van der Waals surface area (Å²) in [5.74, 6) is 0.0220. The molecule has 28 heavy (non-hydrogen) atoms. The van der Waals surface area contributed by atoms with Crippen molar-refractivity contribution < 1.29 is 14.3 Å². The second-order valence-electron chi connectivity index (χ2n) is 6.69. The van der Waals surface area contributed by atoms with Gasteiger partial charge in [0.2, 0.25) is 0 Å². The molecule has 1 aliphatic carbocycles. The van der Waals surface area contributed by atoms with E-state index in [9.17, 15) is 9.59 Å². The number of fused-ring (bicyclic) bond motifs is 1. The topological polar surface area (TPSA) is 84.7 Å². The summed E-state index contributed by atoms with van der Waals surface area (Å²) in [7, 11) is 3.05. The van der Waals surface area contributed by atoms with Gasteiger partial charge in [-0.25, -0.2) is 9.59 Å². The van der Waals surface area contributed by atoms with Crippen molar-refractivity contribution in [1.29, 1.82) is 0 Å². The van der Waals surface area contributed by atoms with Crippen LogP contribution in [0.5, 0.6) is 0 Å². The van der Waals surface area contributed by atoms with Gasteiger partial charge in [0.25, 0.3) is 0 Å². The van der Waals surface area contributed by atoms with E-state index >= 15 is 0 Å². The molecule has 1 aromatic carbocycles. The number of urea groups is 1. The van der Waals surface area contributed by atoms with E-state index in [0.717, 1.165) is 29.7 Å². The molecule has 1 heterocycles. The molecule has 8 heteroatoms. The minimum atomic E-state index is -0.401. The van der Waals surface area contributed by atoms with E-state index in [2.05, 4.69) is 29.6 Å². The number of thiophene rings is 1. The molecular formula is C20H26ClN3O3S. The standard InChI is InChI=1S/C20H25N3O3S.ClH/c1-23(11-10-21)20(25)22-18-17(19(24)26-2)15-9-8-14(12-16(15)27-18)13-6-4-3-5-7-13;/h3-7,14H,8-12,21H2,1-2H3,(H,22,25);1H. The molecule has 1 aromatic heterocycles. The van der Waals surface area contributed by atoms with E-state index in [0.29, 0.717) is 29.6 Å². The number of rotatable bonds is 5. The molecule has 0 spiro atoms. The van der Waals surface area contributed by atoms with Crippen molar-refractivity contribution in [3.63, 3.8) is 0 Å². The van der Waals surface area contributed by atoms with Gasteiger partial charge in [0, 0.05) is 25.0 Å². The van der Waals surface area contributed by atoms with Crippen molar-refractivity contribution in [2.75, 3.05) is 32.6 Å². The number of nitrogens with zero attached hydrogens (tertiary/aromatic N) is 1. The zero-order valence-electron chi connectivity index (χ0n) is 16.1. The highest BCUT2D eigenvalue weighted by Gasteiger charge is 2.30. The Balaban J connectivity index is 0.00000280. The number of amides is 2. The third-order valence-corrected chi connectivity index (χ3v) is 6.13. The smallest absolute Gasteiger partial charge is 0.341 e. The summed E-state index contributed by atoms with van der Waals surface area (Å²) in [6.07, 6.45) is 2.63. The van der Waals surface area contributed by atoms with Crippen LogP contribution in [-0.4, -0.2) is 44.1 Å². The highest BCUT2D eigenvalue weighted by molar-refractivity contribution is 7.17. The number of hydrogen-bond acceptors (Lipinski definition) is 5. The Morgan fingerprint density at radius 1 is 1.32 bits per heavy atom. The fraction of sp³-hybridized carbons (Fsp3) is 0.400. The summed E-state index contributed by atoms with van der Waals surface area (Å²) in [5.41, 5.74) is 8.34. The molecule has 152 valence electrons. The van der Waals surface area contributed by atoms with Gasteiger partial charge >= 0.3 is 12.0 Å². The number of methoxy groups -OCH3 is 1. The van der Waals surface area contributed by atoms with Crippen LogP contribution < -0.4 is 11.1 Å². The van der Waals surface area contributed by atoms with Crippen molar-refractivity contribution in [1.82, 2.24) is 4.90 Å². The molecule has 1 aliphatic rings. The number of hydrogen-bond donors (Lipinski definition) is 2. The summed E-state index contributed by atoms with van der Waals surface area (Å²) >= 11 is 1.48. The van der Waals surface area contributed by atoms with Gasteiger partial charge in [-0.2, -0.15) is 0 Å². The monoisotopic (exact) mass is 423 g/mol. The molecule has 0 saturated heterocycles. The summed E-state index contributed by atoms with van der Waals surface area (Å²) in [6.45, 7) is 0.827. The summed E-state index contributed by atoms with van der Waals surface area (Å²) in [5, 5.41) is 3.44. The van der Waals surface area contributed by atoms with Gasteiger partial charge in [0.15, 0.2) is 0 Å². The van der Waals surface area contributed by atoms with E-state index < -0.39 is 5.97 Å². The first-order valence-electron chi connectivity index (χ1n) is 9.05. The highest BCUT2D eigenvalue weighted by atomic mass is 35.5. The Labute approximate surface area is 175 Å². The average molecular weight is 424 g/mol. The van der Waals surface area contributed by atoms with Crippen LogP contribution in [-0.2, 0) is 17.6 Å². The molecule has 3 rings (SSSR count). The molecule has 2 amide bonds. The molecule has 0 radical (unpaired) electrons. The first-order chi connectivity index (χ1) is 13.0. The zero-order valence-corrected chi connectivity index (χ0v) is 17.7.